The largest absolute Gasteiger partial charge is 0.481 e. The number of anilines is 2. The number of carboxylic acid groups (broad SMARTS) is 1. The topological polar surface area (TPSA) is 117 Å². The van der Waals surface area contributed by atoms with Crippen molar-refractivity contribution in [1.29, 1.82) is 0 Å². The van der Waals surface area contributed by atoms with Gasteiger partial charge in [0.05, 0.1) is 12.5 Å². The summed E-state index contributed by atoms with van der Waals surface area (Å²) in [5.41, 5.74) is 1.37. The van der Waals surface area contributed by atoms with Crippen molar-refractivity contribution in [3.8, 4) is 0 Å². The highest BCUT2D eigenvalue weighted by Gasteiger charge is 2.21. The van der Waals surface area contributed by atoms with Crippen LogP contribution in [-0.2, 0) is 9.59 Å². The van der Waals surface area contributed by atoms with E-state index in [2.05, 4.69) is 15.3 Å². The quantitative estimate of drug-likeness (QED) is 0.528. The summed E-state index contributed by atoms with van der Waals surface area (Å²) in [7, 11) is 1.65. The zero-order valence-electron chi connectivity index (χ0n) is 18.4. The molecule has 0 aliphatic carbocycles. The number of amides is 1. The van der Waals surface area contributed by atoms with E-state index in [0.717, 1.165) is 5.56 Å². The molecule has 0 fully saturated rings. The number of pyridine rings is 1. The van der Waals surface area contributed by atoms with Gasteiger partial charge in [-0.1, -0.05) is 44.2 Å². The van der Waals surface area contributed by atoms with Crippen molar-refractivity contribution in [2.75, 3.05) is 23.8 Å². The summed E-state index contributed by atoms with van der Waals surface area (Å²) in [6, 6.07) is 12.7. The van der Waals surface area contributed by atoms with E-state index in [1.165, 1.54) is 4.90 Å². The monoisotopic (exact) mass is 437 g/mol. The molecule has 0 aliphatic heterocycles. The van der Waals surface area contributed by atoms with Gasteiger partial charge in [0.25, 0.3) is 5.56 Å². The number of aliphatic carboxylic acids is 1. The second kappa shape index (κ2) is 10.0. The van der Waals surface area contributed by atoms with Crippen LogP contribution >= 0.6 is 0 Å². The maximum Gasteiger partial charge on any atom is 0.305 e. The summed E-state index contributed by atoms with van der Waals surface area (Å²) >= 11 is 0. The number of hydrogen-bond donors (Lipinski definition) is 2. The summed E-state index contributed by atoms with van der Waals surface area (Å²) in [5, 5.41) is 11.8. The van der Waals surface area contributed by atoms with Crippen molar-refractivity contribution in [2.45, 2.75) is 39.2 Å². The molecule has 1 atom stereocenters. The lowest BCUT2D eigenvalue weighted by Gasteiger charge is -2.23. The average Bonchev–Trinajstić information content (AvgIpc) is 2.80. The van der Waals surface area contributed by atoms with Crippen molar-refractivity contribution < 1.29 is 14.7 Å². The predicted octanol–water partition coefficient (Wildman–Crippen LogP) is 3.05. The van der Waals surface area contributed by atoms with E-state index < -0.39 is 11.5 Å². The molecule has 0 radical (unpaired) electrons. The summed E-state index contributed by atoms with van der Waals surface area (Å²) in [5.74, 6) is -0.570. The van der Waals surface area contributed by atoms with Crippen molar-refractivity contribution in [2.24, 2.45) is 0 Å². The van der Waals surface area contributed by atoms with Crippen LogP contribution in [0, 0.1) is 0 Å². The van der Waals surface area contributed by atoms with Crippen LogP contribution in [0.2, 0.25) is 0 Å². The third kappa shape index (κ3) is 4.77. The number of carbonyl (C=O) groups is 2. The molecule has 3 aromatic rings. The van der Waals surface area contributed by atoms with Crippen LogP contribution in [0.5, 0.6) is 0 Å². The molecule has 0 bridgehead atoms. The number of carboxylic acids is 1. The van der Waals surface area contributed by atoms with Crippen molar-refractivity contribution >= 4 is 34.7 Å². The number of fused-ring (bicyclic) bond motifs is 1. The second-order valence-corrected chi connectivity index (χ2v) is 7.36. The highest BCUT2D eigenvalue weighted by Crippen LogP contribution is 2.25. The molecule has 1 aromatic carbocycles. The van der Waals surface area contributed by atoms with Gasteiger partial charge in [0, 0.05) is 20.0 Å². The first-order valence-electron chi connectivity index (χ1n) is 10.6. The van der Waals surface area contributed by atoms with Gasteiger partial charge in [-0.25, -0.2) is 9.97 Å². The van der Waals surface area contributed by atoms with Crippen LogP contribution in [0.25, 0.3) is 11.2 Å². The number of carbonyl (C=O) groups excluding carboxylic acids is 1. The first kappa shape index (κ1) is 22.9. The Morgan fingerprint density at radius 2 is 1.84 bits per heavy atom. The smallest absolute Gasteiger partial charge is 0.305 e. The van der Waals surface area contributed by atoms with E-state index in [4.69, 9.17) is 5.11 Å². The molecule has 0 saturated heterocycles. The van der Waals surface area contributed by atoms with Crippen molar-refractivity contribution in [3.05, 3.63) is 58.4 Å². The molecule has 0 spiro atoms. The molecular weight excluding hydrogens is 410 g/mol. The fraction of sp³-hybridized carbons (Fsp3) is 0.348. The van der Waals surface area contributed by atoms with Gasteiger partial charge in [0.1, 0.15) is 11.3 Å². The van der Waals surface area contributed by atoms with E-state index in [-0.39, 0.29) is 30.7 Å². The van der Waals surface area contributed by atoms with Crippen LogP contribution in [0.1, 0.15) is 44.7 Å². The maximum absolute atomic E-state index is 13.5. The molecule has 32 heavy (non-hydrogen) atoms. The molecule has 2 N–H and O–H groups in total. The third-order valence-corrected chi connectivity index (χ3v) is 5.26. The van der Waals surface area contributed by atoms with Crippen LogP contribution in [0.4, 0.5) is 11.6 Å². The first-order chi connectivity index (χ1) is 15.4. The van der Waals surface area contributed by atoms with Crippen molar-refractivity contribution in [1.82, 2.24) is 14.5 Å². The van der Waals surface area contributed by atoms with Gasteiger partial charge in [-0.05, 0) is 24.1 Å². The zero-order valence-corrected chi connectivity index (χ0v) is 18.4. The van der Waals surface area contributed by atoms with Gasteiger partial charge >= 0.3 is 5.97 Å². The summed E-state index contributed by atoms with van der Waals surface area (Å²) < 4.78 is 1.58. The number of nitrogens with one attached hydrogen (secondary N) is 1. The standard InChI is InChI=1S/C23H27N5O4/c1-4-17(15-9-7-6-8-10-15)28-22-16(11-12-18(26-22)27(3)19(29)5-2)25-21(23(28)32)24-14-13-20(30)31/h6-12,17H,4-5,13-14H2,1-3H3,(H,24,25)(H,30,31)/t17-/m0/s1. The Labute approximate surface area is 185 Å². The molecular formula is C23H27N5O4. The number of aromatic nitrogens is 3. The molecule has 0 aliphatic rings. The lowest BCUT2D eigenvalue weighted by atomic mass is 10.0. The van der Waals surface area contributed by atoms with E-state index in [0.29, 0.717) is 29.8 Å². The molecule has 2 aromatic heterocycles. The highest BCUT2D eigenvalue weighted by molar-refractivity contribution is 5.92. The highest BCUT2D eigenvalue weighted by atomic mass is 16.4. The molecule has 9 heteroatoms. The normalized spacial score (nSPS) is 11.8. The Bertz CT molecular complexity index is 1180. The lowest BCUT2D eigenvalue weighted by molar-refractivity contribution is -0.136. The minimum atomic E-state index is -0.968. The molecule has 2 heterocycles. The van der Waals surface area contributed by atoms with E-state index >= 15 is 0 Å². The summed E-state index contributed by atoms with van der Waals surface area (Å²) in [6.07, 6.45) is 0.804. The Kier molecular flexibility index (Phi) is 7.19. The first-order valence-corrected chi connectivity index (χ1v) is 10.6. The van der Waals surface area contributed by atoms with E-state index in [1.54, 1.807) is 30.7 Å². The second-order valence-electron chi connectivity index (χ2n) is 7.36. The molecule has 3 rings (SSSR count). The number of nitrogens with zero attached hydrogens (tertiary/aromatic N) is 4. The van der Waals surface area contributed by atoms with Crippen molar-refractivity contribution in [3.63, 3.8) is 0 Å². The van der Waals surface area contributed by atoms with E-state index in [9.17, 15) is 14.4 Å². The van der Waals surface area contributed by atoms with Crippen LogP contribution in [0.15, 0.2) is 47.3 Å². The Hall–Kier alpha value is -3.75. The SMILES string of the molecule is CCC(=O)N(C)c1ccc2nc(NCCC(=O)O)c(=O)n([C@@H](CC)c3ccccc3)c2n1. The molecule has 0 unspecified atom stereocenters. The Morgan fingerprint density at radius 3 is 2.47 bits per heavy atom. The van der Waals surface area contributed by atoms with Crippen LogP contribution < -0.4 is 15.8 Å². The maximum atomic E-state index is 13.5. The average molecular weight is 438 g/mol. The molecule has 168 valence electrons. The Morgan fingerprint density at radius 1 is 1.12 bits per heavy atom. The predicted molar refractivity (Wildman–Crippen MR) is 123 cm³/mol. The fourth-order valence-electron chi connectivity index (χ4n) is 3.56. The van der Waals surface area contributed by atoms with Gasteiger partial charge in [-0.3, -0.25) is 23.9 Å². The number of rotatable bonds is 9. The van der Waals surface area contributed by atoms with Crippen LogP contribution in [0.3, 0.4) is 0 Å². The zero-order chi connectivity index (χ0) is 23.3. The summed E-state index contributed by atoms with van der Waals surface area (Å²) in [6.45, 7) is 3.82. The fourth-order valence-corrected chi connectivity index (χ4v) is 3.56. The van der Waals surface area contributed by atoms with E-state index in [1.807, 2.05) is 37.3 Å². The molecule has 1 amide bonds. The molecule has 9 nitrogen and oxygen atoms in total. The molecule has 0 saturated carbocycles. The minimum Gasteiger partial charge on any atom is -0.481 e. The minimum absolute atomic E-state index is 0.0701. The van der Waals surface area contributed by atoms with Gasteiger partial charge < -0.3 is 10.4 Å². The summed E-state index contributed by atoms with van der Waals surface area (Å²) in [4.78, 5) is 47.0. The lowest BCUT2D eigenvalue weighted by Crippen LogP contribution is -2.31. The van der Waals surface area contributed by atoms with Gasteiger partial charge in [0.15, 0.2) is 11.5 Å². The number of benzene rings is 1. The van der Waals surface area contributed by atoms with Gasteiger partial charge in [-0.2, -0.15) is 0 Å². The third-order valence-electron chi connectivity index (χ3n) is 5.26. The Balaban J connectivity index is 2.22. The number of hydrogen-bond acceptors (Lipinski definition) is 6. The van der Waals surface area contributed by atoms with Gasteiger partial charge in [-0.15, -0.1) is 0 Å². The van der Waals surface area contributed by atoms with Crippen LogP contribution in [-0.4, -0.2) is 45.1 Å². The van der Waals surface area contributed by atoms with Gasteiger partial charge in [0.2, 0.25) is 5.91 Å².